The van der Waals surface area contributed by atoms with Gasteiger partial charge in [0.1, 0.15) is 0 Å². The van der Waals surface area contributed by atoms with Crippen molar-refractivity contribution in [2.24, 2.45) is 22.5 Å². The lowest BCUT2D eigenvalue weighted by Crippen LogP contribution is -2.53. The van der Waals surface area contributed by atoms with Crippen LogP contribution in [0.5, 0.6) is 0 Å². The van der Waals surface area contributed by atoms with E-state index in [0.717, 1.165) is 12.8 Å². The maximum atomic E-state index is 9.29. The molecule has 2 atom stereocenters. The van der Waals surface area contributed by atoms with E-state index in [4.69, 9.17) is 5.73 Å². The fourth-order valence-electron chi connectivity index (χ4n) is 3.84. The van der Waals surface area contributed by atoms with E-state index in [-0.39, 0.29) is 17.6 Å². The zero-order valence-electron chi connectivity index (χ0n) is 10.9. The molecule has 0 aliphatic heterocycles. The van der Waals surface area contributed by atoms with Gasteiger partial charge in [0.05, 0.1) is 0 Å². The molecule has 0 aromatic heterocycles. The van der Waals surface area contributed by atoms with Gasteiger partial charge in [-0.05, 0) is 49.9 Å². The molecule has 1 aliphatic rings. The standard InChI is InChI=1S/C13H27NO/c1-10-8-11(2,3)9-13(10,6-7-15)12(4,5)14/h10,15H,6-9,14H2,1-5H3. The lowest BCUT2D eigenvalue weighted by molar-refractivity contribution is 0.0583. The Hall–Kier alpha value is -0.0800. The van der Waals surface area contributed by atoms with E-state index in [9.17, 15) is 5.11 Å². The molecule has 0 bridgehead atoms. The Bertz CT molecular complexity index is 229. The summed E-state index contributed by atoms with van der Waals surface area (Å²) in [4.78, 5) is 0. The van der Waals surface area contributed by atoms with E-state index in [0.29, 0.717) is 11.3 Å². The van der Waals surface area contributed by atoms with Crippen molar-refractivity contribution in [2.75, 3.05) is 6.61 Å². The second-order valence-corrected chi connectivity index (χ2v) is 6.80. The lowest BCUT2D eigenvalue weighted by atomic mass is 9.63. The van der Waals surface area contributed by atoms with Crippen LogP contribution in [0.1, 0.15) is 53.9 Å². The van der Waals surface area contributed by atoms with Crippen molar-refractivity contribution in [3.63, 3.8) is 0 Å². The summed E-state index contributed by atoms with van der Waals surface area (Å²) in [5, 5.41) is 9.29. The highest BCUT2D eigenvalue weighted by Gasteiger charge is 2.54. The quantitative estimate of drug-likeness (QED) is 0.757. The molecule has 1 saturated carbocycles. The molecule has 1 aliphatic carbocycles. The fourth-order valence-corrected chi connectivity index (χ4v) is 3.84. The Labute approximate surface area is 94.2 Å². The minimum absolute atomic E-state index is 0.102. The van der Waals surface area contributed by atoms with E-state index < -0.39 is 0 Å². The summed E-state index contributed by atoms with van der Waals surface area (Å²) in [6, 6.07) is 0. The van der Waals surface area contributed by atoms with Gasteiger partial charge in [0, 0.05) is 12.1 Å². The summed E-state index contributed by atoms with van der Waals surface area (Å²) in [6.07, 6.45) is 3.18. The monoisotopic (exact) mass is 213 g/mol. The first-order chi connectivity index (χ1) is 6.65. The minimum Gasteiger partial charge on any atom is -0.396 e. The van der Waals surface area contributed by atoms with Gasteiger partial charge in [-0.1, -0.05) is 20.8 Å². The molecule has 15 heavy (non-hydrogen) atoms. The third-order valence-electron chi connectivity index (χ3n) is 4.44. The Balaban J connectivity index is 3.03. The van der Waals surface area contributed by atoms with Gasteiger partial charge < -0.3 is 10.8 Å². The summed E-state index contributed by atoms with van der Waals surface area (Å²) in [5.74, 6) is 0.597. The van der Waals surface area contributed by atoms with Gasteiger partial charge in [-0.25, -0.2) is 0 Å². The van der Waals surface area contributed by atoms with E-state index in [1.807, 2.05) is 0 Å². The highest BCUT2D eigenvalue weighted by Crippen LogP contribution is 2.58. The van der Waals surface area contributed by atoms with Crippen molar-refractivity contribution in [1.29, 1.82) is 0 Å². The maximum absolute atomic E-state index is 9.29. The number of nitrogens with two attached hydrogens (primary N) is 1. The smallest absolute Gasteiger partial charge is 0.0437 e. The molecule has 90 valence electrons. The summed E-state index contributed by atoms with van der Waals surface area (Å²) in [6.45, 7) is 11.4. The fraction of sp³-hybridized carbons (Fsp3) is 1.00. The number of hydrogen-bond donors (Lipinski definition) is 2. The molecule has 0 aromatic carbocycles. The van der Waals surface area contributed by atoms with E-state index in [1.54, 1.807) is 0 Å². The third-order valence-corrected chi connectivity index (χ3v) is 4.44. The average Bonchev–Trinajstić information content (AvgIpc) is 2.21. The van der Waals surface area contributed by atoms with Crippen molar-refractivity contribution >= 4 is 0 Å². The Morgan fingerprint density at radius 2 is 1.93 bits per heavy atom. The van der Waals surface area contributed by atoms with Crippen molar-refractivity contribution in [3.05, 3.63) is 0 Å². The normalized spacial score (nSPS) is 35.8. The van der Waals surface area contributed by atoms with Gasteiger partial charge >= 0.3 is 0 Å². The van der Waals surface area contributed by atoms with Crippen LogP contribution in [0.4, 0.5) is 0 Å². The molecule has 1 fully saturated rings. The largest absolute Gasteiger partial charge is 0.396 e. The topological polar surface area (TPSA) is 46.2 Å². The van der Waals surface area contributed by atoms with Crippen molar-refractivity contribution in [2.45, 2.75) is 59.4 Å². The van der Waals surface area contributed by atoms with Gasteiger partial charge in [-0.15, -0.1) is 0 Å². The molecule has 2 nitrogen and oxygen atoms in total. The molecule has 0 heterocycles. The minimum atomic E-state index is -0.205. The molecule has 0 amide bonds. The number of aliphatic hydroxyl groups is 1. The molecular weight excluding hydrogens is 186 g/mol. The van der Waals surface area contributed by atoms with Crippen LogP contribution in [-0.4, -0.2) is 17.3 Å². The number of rotatable bonds is 3. The SMILES string of the molecule is CC1CC(C)(C)CC1(CCO)C(C)(C)N. The van der Waals surface area contributed by atoms with Crippen LogP contribution in [0.15, 0.2) is 0 Å². The number of hydrogen-bond acceptors (Lipinski definition) is 2. The van der Waals surface area contributed by atoms with E-state index in [1.165, 1.54) is 6.42 Å². The van der Waals surface area contributed by atoms with Crippen molar-refractivity contribution in [3.8, 4) is 0 Å². The molecule has 2 unspecified atom stereocenters. The summed E-state index contributed by atoms with van der Waals surface area (Å²) < 4.78 is 0. The Morgan fingerprint density at radius 1 is 1.40 bits per heavy atom. The predicted molar refractivity (Wildman–Crippen MR) is 64.6 cm³/mol. The first-order valence-electron chi connectivity index (χ1n) is 6.04. The first-order valence-corrected chi connectivity index (χ1v) is 6.04. The summed E-state index contributed by atoms with van der Waals surface area (Å²) >= 11 is 0. The van der Waals surface area contributed by atoms with Crippen LogP contribution in [0.2, 0.25) is 0 Å². The molecule has 0 saturated heterocycles. The lowest BCUT2D eigenvalue weighted by Gasteiger charge is -2.45. The molecule has 3 N–H and O–H groups in total. The van der Waals surface area contributed by atoms with Gasteiger partial charge in [0.25, 0.3) is 0 Å². The van der Waals surface area contributed by atoms with Crippen LogP contribution >= 0.6 is 0 Å². The second kappa shape index (κ2) is 3.74. The van der Waals surface area contributed by atoms with Gasteiger partial charge in [-0.3, -0.25) is 0 Å². The van der Waals surface area contributed by atoms with E-state index >= 15 is 0 Å². The van der Waals surface area contributed by atoms with Crippen LogP contribution in [0, 0.1) is 16.7 Å². The molecule has 0 aromatic rings. The van der Waals surface area contributed by atoms with Crippen LogP contribution in [-0.2, 0) is 0 Å². The zero-order chi connectivity index (χ0) is 11.9. The highest BCUT2D eigenvalue weighted by atomic mass is 16.3. The molecule has 0 radical (unpaired) electrons. The second-order valence-electron chi connectivity index (χ2n) is 6.80. The Morgan fingerprint density at radius 3 is 2.20 bits per heavy atom. The van der Waals surface area contributed by atoms with Gasteiger partial charge in [0.2, 0.25) is 0 Å². The third kappa shape index (κ3) is 2.21. The highest BCUT2D eigenvalue weighted by molar-refractivity contribution is 5.07. The molecule has 2 heteroatoms. The molecule has 0 spiro atoms. The summed E-state index contributed by atoms with van der Waals surface area (Å²) in [7, 11) is 0. The molecule has 1 rings (SSSR count). The first kappa shape index (κ1) is 13.0. The van der Waals surface area contributed by atoms with Gasteiger partial charge in [-0.2, -0.15) is 0 Å². The van der Waals surface area contributed by atoms with Crippen molar-refractivity contribution in [1.82, 2.24) is 0 Å². The van der Waals surface area contributed by atoms with Crippen LogP contribution < -0.4 is 5.73 Å². The Kier molecular flexibility index (Phi) is 3.24. The number of aliphatic hydroxyl groups excluding tert-OH is 1. The van der Waals surface area contributed by atoms with Crippen molar-refractivity contribution < 1.29 is 5.11 Å². The average molecular weight is 213 g/mol. The summed E-state index contributed by atoms with van der Waals surface area (Å²) in [5.41, 5.74) is 6.63. The van der Waals surface area contributed by atoms with Crippen LogP contribution in [0.25, 0.3) is 0 Å². The predicted octanol–water partition coefficient (Wildman–Crippen LogP) is 2.55. The van der Waals surface area contributed by atoms with Crippen LogP contribution in [0.3, 0.4) is 0 Å². The zero-order valence-corrected chi connectivity index (χ0v) is 10.9. The maximum Gasteiger partial charge on any atom is 0.0437 e. The van der Waals surface area contributed by atoms with E-state index in [2.05, 4.69) is 34.6 Å². The van der Waals surface area contributed by atoms with Gasteiger partial charge in [0.15, 0.2) is 0 Å². The molecular formula is C13H27NO.